The van der Waals surface area contributed by atoms with Gasteiger partial charge in [-0.15, -0.1) is 0 Å². The van der Waals surface area contributed by atoms with Gasteiger partial charge in [0.05, 0.1) is 6.54 Å². The third-order valence-electron chi connectivity index (χ3n) is 2.47. The summed E-state index contributed by atoms with van der Waals surface area (Å²) in [6.07, 6.45) is 1.49. The zero-order valence-corrected chi connectivity index (χ0v) is 8.54. The summed E-state index contributed by atoms with van der Waals surface area (Å²) in [7, 11) is 0. The Bertz CT molecular complexity index is 375. The molecule has 0 saturated carbocycles. The maximum Gasteiger partial charge on any atom is 0.247 e. The summed E-state index contributed by atoms with van der Waals surface area (Å²) in [6, 6.07) is 1.73. The van der Waals surface area contributed by atoms with Crippen molar-refractivity contribution in [1.82, 2.24) is 15.8 Å². The van der Waals surface area contributed by atoms with E-state index in [0.29, 0.717) is 6.54 Å². The van der Waals surface area contributed by atoms with E-state index in [2.05, 4.69) is 20.3 Å². The quantitative estimate of drug-likeness (QED) is 0.695. The van der Waals surface area contributed by atoms with Gasteiger partial charge in [0.1, 0.15) is 12.0 Å². The highest BCUT2D eigenvalue weighted by Gasteiger charge is 2.15. The van der Waals surface area contributed by atoms with Gasteiger partial charge in [-0.25, -0.2) is 0 Å². The molecule has 1 aromatic heterocycles. The van der Waals surface area contributed by atoms with Gasteiger partial charge in [0.25, 0.3) is 0 Å². The fourth-order valence-corrected chi connectivity index (χ4v) is 1.31. The summed E-state index contributed by atoms with van der Waals surface area (Å²) in [5, 5.41) is 9.60. The lowest BCUT2D eigenvalue weighted by molar-refractivity contribution is -0.117. The van der Waals surface area contributed by atoms with Crippen LogP contribution in [-0.4, -0.2) is 24.2 Å². The van der Waals surface area contributed by atoms with Crippen molar-refractivity contribution in [3.05, 3.63) is 29.2 Å². The molecular formula is C10H13N3O2. The third kappa shape index (κ3) is 2.24. The fourth-order valence-electron chi connectivity index (χ4n) is 1.31. The van der Waals surface area contributed by atoms with E-state index >= 15 is 0 Å². The van der Waals surface area contributed by atoms with Crippen LogP contribution in [0.15, 0.2) is 28.0 Å². The molecule has 0 radical (unpaired) electrons. The van der Waals surface area contributed by atoms with Crippen molar-refractivity contribution in [2.45, 2.75) is 13.5 Å². The number of carbonyl (C=O) groups excluding carboxylic acids is 1. The molecule has 5 heteroatoms. The highest BCUT2D eigenvalue weighted by atomic mass is 16.5. The van der Waals surface area contributed by atoms with Crippen molar-refractivity contribution in [3.8, 4) is 0 Å². The number of rotatable bonds is 3. The first-order valence-electron chi connectivity index (χ1n) is 4.84. The molecule has 2 N–H and O–H groups in total. The second-order valence-electron chi connectivity index (χ2n) is 3.51. The van der Waals surface area contributed by atoms with Gasteiger partial charge in [0, 0.05) is 24.7 Å². The molecule has 1 aliphatic rings. The Kier molecular flexibility index (Phi) is 2.82. The molecule has 0 unspecified atom stereocenters. The lowest BCUT2D eigenvalue weighted by Gasteiger charge is -2.21. The van der Waals surface area contributed by atoms with Crippen molar-refractivity contribution < 1.29 is 9.32 Å². The number of amides is 1. The normalized spacial score (nSPS) is 14.6. The molecule has 1 aromatic rings. The Balaban J connectivity index is 1.87. The monoisotopic (exact) mass is 207 g/mol. The van der Waals surface area contributed by atoms with E-state index in [1.54, 1.807) is 6.07 Å². The molecule has 1 fully saturated rings. The zero-order chi connectivity index (χ0) is 10.7. The Hall–Kier alpha value is -1.62. The van der Waals surface area contributed by atoms with Crippen LogP contribution in [-0.2, 0) is 11.3 Å². The predicted molar refractivity (Wildman–Crippen MR) is 53.9 cm³/mol. The fraction of sp³-hybridized carbons (Fsp3) is 0.400. The Morgan fingerprint density at radius 1 is 1.67 bits per heavy atom. The standard InChI is InChI=1S/C10H13N3O2/c1-7(8-4-11-5-8)10(14)12-6-9-2-3-15-13-9/h2-3,11H,4-6H2,1H3,(H,12,14). The molecule has 15 heavy (non-hydrogen) atoms. The summed E-state index contributed by atoms with van der Waals surface area (Å²) in [4.78, 5) is 11.6. The lowest BCUT2D eigenvalue weighted by atomic mass is 10.0. The molecular weight excluding hydrogens is 194 g/mol. The Morgan fingerprint density at radius 3 is 3.00 bits per heavy atom. The minimum absolute atomic E-state index is 0.0329. The number of hydrogen-bond donors (Lipinski definition) is 2. The first-order valence-corrected chi connectivity index (χ1v) is 4.84. The number of hydrogen-bond acceptors (Lipinski definition) is 4. The van der Waals surface area contributed by atoms with E-state index in [1.165, 1.54) is 11.8 Å². The molecule has 2 heterocycles. The van der Waals surface area contributed by atoms with Crippen molar-refractivity contribution in [2.75, 3.05) is 13.1 Å². The van der Waals surface area contributed by atoms with Gasteiger partial charge in [-0.1, -0.05) is 5.16 Å². The maximum absolute atomic E-state index is 11.6. The first-order chi connectivity index (χ1) is 7.27. The molecule has 1 saturated heterocycles. The summed E-state index contributed by atoms with van der Waals surface area (Å²) < 4.78 is 4.66. The van der Waals surface area contributed by atoms with Gasteiger partial charge in [0.2, 0.25) is 5.91 Å². The minimum Gasteiger partial charge on any atom is -0.364 e. The third-order valence-corrected chi connectivity index (χ3v) is 2.47. The molecule has 1 aliphatic heterocycles. The molecule has 1 amide bonds. The highest BCUT2D eigenvalue weighted by molar-refractivity contribution is 5.93. The summed E-state index contributed by atoms with van der Waals surface area (Å²) in [5.74, 6) is -0.0329. The summed E-state index contributed by atoms with van der Waals surface area (Å²) in [5.41, 5.74) is 2.71. The van der Waals surface area contributed by atoms with Gasteiger partial charge in [-0.05, 0) is 12.5 Å². The van der Waals surface area contributed by atoms with Crippen LogP contribution in [0.3, 0.4) is 0 Å². The molecule has 0 bridgehead atoms. The second kappa shape index (κ2) is 4.27. The maximum atomic E-state index is 11.6. The average Bonchev–Trinajstić information content (AvgIpc) is 2.63. The molecule has 80 valence electrons. The summed E-state index contributed by atoms with van der Waals surface area (Å²) >= 11 is 0. The lowest BCUT2D eigenvalue weighted by Crippen LogP contribution is -2.37. The first kappa shape index (κ1) is 9.92. The van der Waals surface area contributed by atoms with Crippen LogP contribution < -0.4 is 10.6 Å². The Morgan fingerprint density at radius 2 is 2.47 bits per heavy atom. The van der Waals surface area contributed by atoms with E-state index in [4.69, 9.17) is 0 Å². The van der Waals surface area contributed by atoms with Gasteiger partial charge in [-0.3, -0.25) is 4.79 Å². The van der Waals surface area contributed by atoms with E-state index < -0.39 is 0 Å². The summed E-state index contributed by atoms with van der Waals surface area (Å²) in [6.45, 7) is 3.90. The van der Waals surface area contributed by atoms with E-state index in [1.807, 2.05) is 6.92 Å². The number of carbonyl (C=O) groups is 1. The molecule has 0 atom stereocenters. The highest BCUT2D eigenvalue weighted by Crippen LogP contribution is 2.08. The number of nitrogens with zero attached hydrogens (tertiary/aromatic N) is 1. The average molecular weight is 207 g/mol. The second-order valence-corrected chi connectivity index (χ2v) is 3.51. The van der Waals surface area contributed by atoms with Crippen LogP contribution in [0, 0.1) is 0 Å². The van der Waals surface area contributed by atoms with Crippen molar-refractivity contribution in [2.24, 2.45) is 0 Å². The predicted octanol–water partition coefficient (Wildman–Crippen LogP) is 0.210. The van der Waals surface area contributed by atoms with Crippen LogP contribution in [0.25, 0.3) is 0 Å². The largest absolute Gasteiger partial charge is 0.364 e. The van der Waals surface area contributed by atoms with Crippen LogP contribution in [0.4, 0.5) is 0 Å². The molecule has 0 aliphatic carbocycles. The molecule has 5 nitrogen and oxygen atoms in total. The molecule has 0 aromatic carbocycles. The number of nitrogens with one attached hydrogen (secondary N) is 2. The van der Waals surface area contributed by atoms with Gasteiger partial charge in [0.15, 0.2) is 0 Å². The van der Waals surface area contributed by atoms with Gasteiger partial charge >= 0.3 is 0 Å². The zero-order valence-electron chi connectivity index (χ0n) is 8.54. The van der Waals surface area contributed by atoms with Crippen LogP contribution in [0.2, 0.25) is 0 Å². The SMILES string of the molecule is CC(C(=O)NCc1ccon1)=C1CNC1. The molecule has 2 rings (SSSR count). The van der Waals surface area contributed by atoms with Crippen LogP contribution >= 0.6 is 0 Å². The van der Waals surface area contributed by atoms with E-state index in [-0.39, 0.29) is 5.91 Å². The van der Waals surface area contributed by atoms with Crippen molar-refractivity contribution >= 4 is 5.91 Å². The van der Waals surface area contributed by atoms with Crippen LogP contribution in [0.5, 0.6) is 0 Å². The topological polar surface area (TPSA) is 67.2 Å². The smallest absolute Gasteiger partial charge is 0.247 e. The van der Waals surface area contributed by atoms with Gasteiger partial charge in [-0.2, -0.15) is 0 Å². The van der Waals surface area contributed by atoms with E-state index in [9.17, 15) is 4.79 Å². The number of aromatic nitrogens is 1. The van der Waals surface area contributed by atoms with Crippen molar-refractivity contribution in [1.29, 1.82) is 0 Å². The van der Waals surface area contributed by atoms with Gasteiger partial charge < -0.3 is 15.2 Å². The minimum atomic E-state index is -0.0329. The Labute approximate surface area is 87.5 Å². The van der Waals surface area contributed by atoms with Crippen LogP contribution in [0.1, 0.15) is 12.6 Å². The van der Waals surface area contributed by atoms with E-state index in [0.717, 1.165) is 24.4 Å². The van der Waals surface area contributed by atoms with Crippen molar-refractivity contribution in [3.63, 3.8) is 0 Å². The molecule has 0 spiro atoms.